The summed E-state index contributed by atoms with van der Waals surface area (Å²) in [4.78, 5) is 41.7. The van der Waals surface area contributed by atoms with Gasteiger partial charge in [0, 0.05) is 19.2 Å². The number of aromatic amines is 1. The Kier molecular flexibility index (Phi) is 4.66. The molecule has 11 nitrogen and oxygen atoms in total. The third kappa shape index (κ3) is 3.51. The number of nitrogens with two attached hydrogens (primary N) is 1. The molecule has 2 aliphatic rings. The van der Waals surface area contributed by atoms with E-state index in [1.165, 1.54) is 17.2 Å². The molecule has 152 valence electrons. The number of aromatic nitrogens is 3. The number of carbonyl (C=O) groups is 3. The zero-order valence-electron chi connectivity index (χ0n) is 15.5. The van der Waals surface area contributed by atoms with Crippen LogP contribution in [0.4, 0.5) is 0 Å². The van der Waals surface area contributed by atoms with Crippen molar-refractivity contribution < 1.29 is 24.2 Å². The maximum Gasteiger partial charge on any atom is 0.272 e. The number of likely N-dealkylation sites (tertiary alicyclic amines) is 1. The molecule has 2 aromatic rings. The van der Waals surface area contributed by atoms with Crippen molar-refractivity contribution in [3.63, 3.8) is 0 Å². The highest BCUT2D eigenvalue weighted by Gasteiger charge is 2.46. The van der Waals surface area contributed by atoms with E-state index in [0.29, 0.717) is 12.4 Å². The van der Waals surface area contributed by atoms with Gasteiger partial charge in [0.1, 0.15) is 17.1 Å². The summed E-state index contributed by atoms with van der Waals surface area (Å²) in [5.41, 5.74) is 5.37. The molecule has 0 saturated carbocycles. The van der Waals surface area contributed by atoms with E-state index >= 15 is 0 Å². The Balaban J connectivity index is 1.41. The Morgan fingerprint density at radius 2 is 2.10 bits per heavy atom. The molecule has 2 aliphatic heterocycles. The number of pyridine rings is 1. The van der Waals surface area contributed by atoms with Gasteiger partial charge in [-0.15, -0.1) is 0 Å². The maximum absolute atomic E-state index is 12.6. The number of nitrogens with zero attached hydrogens (tertiary/aromatic N) is 3. The average molecular weight is 400 g/mol. The van der Waals surface area contributed by atoms with Gasteiger partial charge in [0.2, 0.25) is 0 Å². The Hall–Kier alpha value is -3.47. The SMILES string of the molecule is NC(=O)c1cc(C(=O)N2CC(CO)(NC(=O)c3cc4c(cn3)OCCC4)C2)[nH]n1. The van der Waals surface area contributed by atoms with Crippen LogP contribution in [0.1, 0.15) is 43.4 Å². The van der Waals surface area contributed by atoms with Crippen LogP contribution in [0.5, 0.6) is 5.75 Å². The number of ether oxygens (including phenoxy) is 1. The van der Waals surface area contributed by atoms with E-state index < -0.39 is 23.3 Å². The monoisotopic (exact) mass is 400 g/mol. The Bertz CT molecular complexity index is 981. The molecule has 0 aromatic carbocycles. The number of carbonyl (C=O) groups excluding carboxylic acids is 3. The Labute approximate surface area is 165 Å². The maximum atomic E-state index is 12.6. The fourth-order valence-electron chi connectivity index (χ4n) is 3.46. The number of H-pyrrole nitrogens is 1. The summed E-state index contributed by atoms with van der Waals surface area (Å²) < 4.78 is 5.50. The third-order valence-electron chi connectivity index (χ3n) is 5.05. The van der Waals surface area contributed by atoms with Gasteiger partial charge >= 0.3 is 0 Å². The van der Waals surface area contributed by atoms with Gasteiger partial charge in [-0.05, 0) is 24.5 Å². The molecule has 4 heterocycles. The number of hydrogen-bond acceptors (Lipinski definition) is 7. The van der Waals surface area contributed by atoms with Gasteiger partial charge in [-0.25, -0.2) is 4.98 Å². The first-order chi connectivity index (χ1) is 13.9. The molecule has 0 aliphatic carbocycles. The summed E-state index contributed by atoms with van der Waals surface area (Å²) in [6, 6.07) is 2.95. The van der Waals surface area contributed by atoms with Crippen molar-refractivity contribution in [1.29, 1.82) is 0 Å². The molecule has 1 saturated heterocycles. The van der Waals surface area contributed by atoms with E-state index in [-0.39, 0.29) is 36.8 Å². The summed E-state index contributed by atoms with van der Waals surface area (Å²) in [6.07, 6.45) is 3.21. The summed E-state index contributed by atoms with van der Waals surface area (Å²) in [7, 11) is 0. The van der Waals surface area contributed by atoms with Crippen LogP contribution in [-0.2, 0) is 6.42 Å². The average Bonchev–Trinajstić information content (AvgIpc) is 3.20. The molecule has 2 aromatic heterocycles. The number of rotatable bonds is 5. The highest BCUT2D eigenvalue weighted by Crippen LogP contribution is 2.26. The van der Waals surface area contributed by atoms with E-state index in [1.54, 1.807) is 6.07 Å². The van der Waals surface area contributed by atoms with E-state index in [9.17, 15) is 19.5 Å². The van der Waals surface area contributed by atoms with Crippen LogP contribution in [0.15, 0.2) is 18.3 Å². The lowest BCUT2D eigenvalue weighted by Crippen LogP contribution is -2.73. The van der Waals surface area contributed by atoms with Crippen LogP contribution < -0.4 is 15.8 Å². The van der Waals surface area contributed by atoms with Gasteiger partial charge in [0.15, 0.2) is 5.69 Å². The van der Waals surface area contributed by atoms with Gasteiger partial charge in [-0.2, -0.15) is 5.10 Å². The van der Waals surface area contributed by atoms with Crippen molar-refractivity contribution in [2.24, 2.45) is 5.73 Å². The quantitative estimate of drug-likeness (QED) is 0.492. The smallest absolute Gasteiger partial charge is 0.272 e. The van der Waals surface area contributed by atoms with Crippen molar-refractivity contribution in [2.45, 2.75) is 18.4 Å². The Morgan fingerprint density at radius 3 is 2.79 bits per heavy atom. The lowest BCUT2D eigenvalue weighted by atomic mass is 9.90. The molecule has 1 fully saturated rings. The number of nitrogens with one attached hydrogen (secondary N) is 2. The zero-order chi connectivity index (χ0) is 20.6. The number of fused-ring (bicyclic) bond motifs is 1. The molecule has 3 amide bonds. The van der Waals surface area contributed by atoms with Gasteiger partial charge in [-0.1, -0.05) is 0 Å². The van der Waals surface area contributed by atoms with Crippen molar-refractivity contribution in [3.05, 3.63) is 41.0 Å². The lowest BCUT2D eigenvalue weighted by Gasteiger charge is -2.49. The minimum atomic E-state index is -0.965. The molecule has 11 heteroatoms. The second-order valence-corrected chi connectivity index (χ2v) is 7.21. The van der Waals surface area contributed by atoms with Crippen molar-refractivity contribution >= 4 is 17.7 Å². The fraction of sp³-hybridized carbons (Fsp3) is 0.389. The van der Waals surface area contributed by atoms with E-state index in [4.69, 9.17) is 10.5 Å². The first kappa shape index (κ1) is 18.9. The predicted octanol–water partition coefficient (Wildman–Crippen LogP) is -1.15. The number of hydrogen-bond donors (Lipinski definition) is 4. The van der Waals surface area contributed by atoms with Crippen LogP contribution in [0.25, 0.3) is 0 Å². The van der Waals surface area contributed by atoms with Gasteiger partial charge in [-0.3, -0.25) is 19.5 Å². The van der Waals surface area contributed by atoms with Crippen molar-refractivity contribution in [3.8, 4) is 5.75 Å². The second-order valence-electron chi connectivity index (χ2n) is 7.21. The van der Waals surface area contributed by atoms with Crippen LogP contribution in [0.2, 0.25) is 0 Å². The number of aliphatic hydroxyl groups excluding tert-OH is 1. The highest BCUT2D eigenvalue weighted by molar-refractivity contribution is 5.98. The largest absolute Gasteiger partial charge is 0.492 e. The lowest BCUT2D eigenvalue weighted by molar-refractivity contribution is 0.00469. The molecular weight excluding hydrogens is 380 g/mol. The summed E-state index contributed by atoms with van der Waals surface area (Å²) in [6.45, 7) is 0.501. The summed E-state index contributed by atoms with van der Waals surface area (Å²) >= 11 is 0. The van der Waals surface area contributed by atoms with Crippen LogP contribution in [-0.4, -0.2) is 74.8 Å². The summed E-state index contributed by atoms with van der Waals surface area (Å²) in [5.74, 6) is -0.909. The molecule has 0 spiro atoms. The van der Waals surface area contributed by atoms with E-state index in [2.05, 4.69) is 20.5 Å². The van der Waals surface area contributed by atoms with E-state index in [0.717, 1.165) is 18.4 Å². The number of aryl methyl sites for hydroxylation is 1. The second kappa shape index (κ2) is 7.17. The minimum Gasteiger partial charge on any atom is -0.492 e. The van der Waals surface area contributed by atoms with Gasteiger partial charge in [0.25, 0.3) is 17.7 Å². The normalized spacial score (nSPS) is 16.9. The number of amides is 3. The third-order valence-corrected chi connectivity index (χ3v) is 5.05. The van der Waals surface area contributed by atoms with E-state index in [1.807, 2.05) is 0 Å². The molecular formula is C18H20N6O5. The first-order valence-electron chi connectivity index (χ1n) is 9.10. The fourth-order valence-corrected chi connectivity index (χ4v) is 3.46. The number of primary amides is 1. The predicted molar refractivity (Wildman–Crippen MR) is 98.3 cm³/mol. The molecule has 4 rings (SSSR count). The Morgan fingerprint density at radius 1 is 1.31 bits per heavy atom. The molecule has 0 radical (unpaired) electrons. The number of aliphatic hydroxyl groups is 1. The molecule has 0 unspecified atom stereocenters. The zero-order valence-corrected chi connectivity index (χ0v) is 15.5. The molecule has 29 heavy (non-hydrogen) atoms. The summed E-state index contributed by atoms with van der Waals surface area (Å²) in [5, 5.41) is 18.7. The standard InChI is InChI=1S/C18H20N6O5/c19-15(26)11-5-13(23-22-11)17(28)24-7-18(8-24,9-25)21-16(27)12-4-10-2-1-3-29-14(10)6-20-12/h4-6,25H,1-3,7-9H2,(H2,19,26)(H,21,27)(H,22,23). The van der Waals surface area contributed by atoms with Gasteiger partial charge in [0.05, 0.1) is 24.9 Å². The van der Waals surface area contributed by atoms with Crippen LogP contribution in [0, 0.1) is 0 Å². The van der Waals surface area contributed by atoms with Crippen LogP contribution in [0.3, 0.4) is 0 Å². The molecule has 5 N–H and O–H groups in total. The molecule has 0 bridgehead atoms. The van der Waals surface area contributed by atoms with Crippen molar-refractivity contribution in [1.82, 2.24) is 25.4 Å². The first-order valence-corrected chi connectivity index (χ1v) is 9.10. The minimum absolute atomic E-state index is 0.0435. The molecule has 0 atom stereocenters. The van der Waals surface area contributed by atoms with Gasteiger partial charge < -0.3 is 25.8 Å². The van der Waals surface area contributed by atoms with Crippen molar-refractivity contribution in [2.75, 3.05) is 26.3 Å². The topological polar surface area (TPSA) is 164 Å². The van der Waals surface area contributed by atoms with Crippen LogP contribution >= 0.6 is 0 Å². The highest BCUT2D eigenvalue weighted by atomic mass is 16.5.